The molecule has 1 amide bonds. The summed E-state index contributed by atoms with van der Waals surface area (Å²) in [5, 5.41) is 2.84. The standard InChI is InChI=1S/C16H14N2O3S2/c1-23(20)12-5-2-10(3-6-12)9-17-15(19)11-4-7-13-14(8-11)21-16(22)18-13/h2-8H,9H2,1H3,(H,17,19)(H,18,22)/t23-/m0/s1. The normalized spacial score (nSPS) is 12.2. The van der Waals surface area contributed by atoms with Crippen LogP contribution >= 0.6 is 12.2 Å². The van der Waals surface area contributed by atoms with Crippen LogP contribution in [-0.2, 0) is 17.3 Å². The summed E-state index contributed by atoms with van der Waals surface area (Å²) in [4.78, 5) is 16.1. The van der Waals surface area contributed by atoms with E-state index < -0.39 is 10.8 Å². The van der Waals surface area contributed by atoms with Crippen molar-refractivity contribution in [1.82, 2.24) is 10.3 Å². The number of aromatic amines is 1. The fourth-order valence-corrected chi connectivity index (χ4v) is 2.89. The van der Waals surface area contributed by atoms with Gasteiger partial charge in [0.2, 0.25) is 0 Å². The summed E-state index contributed by atoms with van der Waals surface area (Å²) in [7, 11) is -1.00. The molecule has 3 aromatic rings. The lowest BCUT2D eigenvalue weighted by molar-refractivity contribution is 0.0951. The monoisotopic (exact) mass is 346 g/mol. The second-order valence-corrected chi connectivity index (χ2v) is 6.76. The fraction of sp³-hybridized carbons (Fsp3) is 0.125. The molecular formula is C16H14N2O3S2. The van der Waals surface area contributed by atoms with Gasteiger partial charge in [0.05, 0.1) is 5.52 Å². The topological polar surface area (TPSA) is 75.1 Å². The van der Waals surface area contributed by atoms with Crippen LogP contribution in [0.2, 0.25) is 0 Å². The first-order valence-corrected chi connectivity index (χ1v) is 8.83. The van der Waals surface area contributed by atoms with Gasteiger partial charge in [-0.3, -0.25) is 9.00 Å². The van der Waals surface area contributed by atoms with Crippen LogP contribution in [0.15, 0.2) is 51.8 Å². The van der Waals surface area contributed by atoms with E-state index in [4.69, 9.17) is 16.6 Å². The Morgan fingerprint density at radius 1 is 1.26 bits per heavy atom. The lowest BCUT2D eigenvalue weighted by Gasteiger charge is -2.06. The van der Waals surface area contributed by atoms with Gasteiger partial charge < -0.3 is 14.7 Å². The van der Waals surface area contributed by atoms with E-state index in [0.29, 0.717) is 17.7 Å². The number of amides is 1. The van der Waals surface area contributed by atoms with Crippen molar-refractivity contribution in [1.29, 1.82) is 0 Å². The van der Waals surface area contributed by atoms with Crippen molar-refractivity contribution in [3.05, 3.63) is 58.4 Å². The largest absolute Gasteiger partial charge is 0.429 e. The Hall–Kier alpha value is -2.25. The van der Waals surface area contributed by atoms with E-state index in [-0.39, 0.29) is 10.7 Å². The molecule has 0 bridgehead atoms. The number of hydrogen-bond acceptors (Lipinski definition) is 4. The third-order valence-corrected chi connectivity index (χ3v) is 4.51. The molecule has 0 spiro atoms. The molecule has 0 unspecified atom stereocenters. The third-order valence-electron chi connectivity index (χ3n) is 3.39. The molecule has 0 aliphatic rings. The molecular weight excluding hydrogens is 332 g/mol. The number of carbonyl (C=O) groups is 1. The van der Waals surface area contributed by atoms with Crippen molar-refractivity contribution in [2.75, 3.05) is 6.26 Å². The zero-order valence-electron chi connectivity index (χ0n) is 12.3. The predicted octanol–water partition coefficient (Wildman–Crippen LogP) is 3.16. The van der Waals surface area contributed by atoms with Crippen molar-refractivity contribution in [3.8, 4) is 0 Å². The van der Waals surface area contributed by atoms with Crippen LogP contribution in [0.3, 0.4) is 0 Å². The molecule has 0 aliphatic carbocycles. The van der Waals surface area contributed by atoms with Gasteiger partial charge in [0.15, 0.2) is 5.58 Å². The van der Waals surface area contributed by atoms with Crippen LogP contribution in [0.25, 0.3) is 11.1 Å². The van der Waals surface area contributed by atoms with Gasteiger partial charge in [-0.25, -0.2) is 0 Å². The molecule has 0 saturated carbocycles. The van der Waals surface area contributed by atoms with Gasteiger partial charge in [0.1, 0.15) is 0 Å². The van der Waals surface area contributed by atoms with Crippen LogP contribution in [0.1, 0.15) is 15.9 Å². The highest BCUT2D eigenvalue weighted by Crippen LogP contribution is 2.15. The molecule has 23 heavy (non-hydrogen) atoms. The minimum absolute atomic E-state index is 0.197. The van der Waals surface area contributed by atoms with Crippen LogP contribution in [0.4, 0.5) is 0 Å². The number of rotatable bonds is 4. The van der Waals surface area contributed by atoms with Crippen molar-refractivity contribution in [3.63, 3.8) is 0 Å². The summed E-state index contributed by atoms with van der Waals surface area (Å²) in [5.41, 5.74) is 2.75. The van der Waals surface area contributed by atoms with Crippen molar-refractivity contribution < 1.29 is 13.4 Å². The summed E-state index contributed by atoms with van der Waals surface area (Å²) >= 11 is 4.92. The van der Waals surface area contributed by atoms with Gasteiger partial charge in [-0.1, -0.05) is 12.1 Å². The maximum Gasteiger partial charge on any atom is 0.266 e. The lowest BCUT2D eigenvalue weighted by Crippen LogP contribution is -2.22. The van der Waals surface area contributed by atoms with Gasteiger partial charge in [-0.05, 0) is 48.1 Å². The highest BCUT2D eigenvalue weighted by molar-refractivity contribution is 7.84. The molecule has 1 atom stereocenters. The lowest BCUT2D eigenvalue weighted by atomic mass is 10.2. The molecule has 2 N–H and O–H groups in total. The molecule has 2 aromatic carbocycles. The van der Waals surface area contributed by atoms with E-state index in [9.17, 15) is 9.00 Å². The predicted molar refractivity (Wildman–Crippen MR) is 91.3 cm³/mol. The maximum absolute atomic E-state index is 12.2. The molecule has 118 valence electrons. The number of fused-ring (bicyclic) bond motifs is 1. The van der Waals surface area contributed by atoms with Crippen molar-refractivity contribution in [2.45, 2.75) is 11.4 Å². The number of oxazole rings is 1. The number of H-pyrrole nitrogens is 1. The molecule has 0 aliphatic heterocycles. The zero-order chi connectivity index (χ0) is 16.4. The van der Waals surface area contributed by atoms with Gasteiger partial charge in [-0.15, -0.1) is 0 Å². The smallest absolute Gasteiger partial charge is 0.266 e. The van der Waals surface area contributed by atoms with Gasteiger partial charge in [0, 0.05) is 34.1 Å². The average molecular weight is 346 g/mol. The first-order chi connectivity index (χ1) is 11.0. The number of benzene rings is 2. The van der Waals surface area contributed by atoms with Gasteiger partial charge >= 0.3 is 0 Å². The van der Waals surface area contributed by atoms with Gasteiger partial charge in [0.25, 0.3) is 10.7 Å². The fourth-order valence-electron chi connectivity index (χ4n) is 2.17. The molecule has 1 heterocycles. The molecule has 0 saturated heterocycles. The molecule has 0 radical (unpaired) electrons. The first-order valence-electron chi connectivity index (χ1n) is 6.86. The highest BCUT2D eigenvalue weighted by atomic mass is 32.2. The first kappa shape index (κ1) is 15.6. The van der Waals surface area contributed by atoms with Gasteiger partial charge in [-0.2, -0.15) is 0 Å². The van der Waals surface area contributed by atoms with E-state index in [1.54, 1.807) is 36.6 Å². The molecule has 3 rings (SSSR count). The zero-order valence-corrected chi connectivity index (χ0v) is 13.9. The van der Waals surface area contributed by atoms with Crippen LogP contribution in [0, 0.1) is 4.84 Å². The average Bonchev–Trinajstić information content (AvgIpc) is 2.92. The summed E-state index contributed by atoms with van der Waals surface area (Å²) in [6, 6.07) is 12.4. The van der Waals surface area contributed by atoms with Crippen LogP contribution < -0.4 is 5.32 Å². The summed E-state index contributed by atoms with van der Waals surface area (Å²) in [6.07, 6.45) is 1.63. The number of carbonyl (C=O) groups excluding carboxylic acids is 1. The van der Waals surface area contributed by atoms with Crippen LogP contribution in [0.5, 0.6) is 0 Å². The minimum Gasteiger partial charge on any atom is -0.429 e. The van der Waals surface area contributed by atoms with Crippen LogP contribution in [-0.4, -0.2) is 21.4 Å². The number of nitrogens with one attached hydrogen (secondary N) is 2. The Morgan fingerprint density at radius 2 is 2.00 bits per heavy atom. The molecule has 0 fully saturated rings. The summed E-state index contributed by atoms with van der Waals surface area (Å²) in [6.45, 7) is 0.393. The SMILES string of the molecule is C[S@](=O)c1ccc(CNC(=O)c2ccc3[nH]c(=S)oc3c2)cc1. The number of hydrogen-bond donors (Lipinski definition) is 2. The second-order valence-electron chi connectivity index (χ2n) is 5.01. The summed E-state index contributed by atoms with van der Waals surface area (Å²) < 4.78 is 16.6. The van der Waals surface area contributed by atoms with Crippen molar-refractivity contribution in [2.24, 2.45) is 0 Å². The molecule has 5 nitrogen and oxygen atoms in total. The quantitative estimate of drug-likeness (QED) is 0.712. The Balaban J connectivity index is 1.70. The Labute approximate surface area is 140 Å². The highest BCUT2D eigenvalue weighted by Gasteiger charge is 2.08. The van der Waals surface area contributed by atoms with E-state index in [2.05, 4.69) is 10.3 Å². The number of aromatic nitrogens is 1. The molecule has 7 heteroatoms. The Morgan fingerprint density at radius 3 is 2.70 bits per heavy atom. The van der Waals surface area contributed by atoms with E-state index in [1.807, 2.05) is 12.1 Å². The second kappa shape index (κ2) is 6.47. The Kier molecular flexibility index (Phi) is 4.40. The summed E-state index contributed by atoms with van der Waals surface area (Å²) in [5.74, 6) is -0.197. The van der Waals surface area contributed by atoms with Crippen molar-refractivity contribution >= 4 is 40.0 Å². The van der Waals surface area contributed by atoms with E-state index in [1.165, 1.54) is 0 Å². The van der Waals surface area contributed by atoms with E-state index >= 15 is 0 Å². The minimum atomic E-state index is -1.00. The Bertz CT molecular complexity index is 942. The molecule has 1 aromatic heterocycles. The van der Waals surface area contributed by atoms with E-state index in [0.717, 1.165) is 16.0 Å². The third kappa shape index (κ3) is 3.57. The maximum atomic E-state index is 12.2.